The van der Waals surface area contributed by atoms with Crippen LogP contribution in [0, 0.1) is 0 Å². The number of ether oxygens (including phenoxy) is 3. The first-order valence-corrected chi connectivity index (χ1v) is 6.49. The van der Waals surface area contributed by atoms with Gasteiger partial charge in [-0.3, -0.25) is 9.59 Å². The molecule has 0 bridgehead atoms. The molecule has 1 rings (SSSR count). The summed E-state index contributed by atoms with van der Waals surface area (Å²) in [6.45, 7) is 2.08. The van der Waals surface area contributed by atoms with Crippen LogP contribution in [0.4, 0.5) is 0 Å². The van der Waals surface area contributed by atoms with E-state index in [-0.39, 0.29) is 31.0 Å². The third kappa shape index (κ3) is 4.91. The number of rotatable bonds is 8. The van der Waals surface area contributed by atoms with E-state index in [1.165, 1.54) is 0 Å². The maximum absolute atomic E-state index is 11.8. The summed E-state index contributed by atoms with van der Waals surface area (Å²) in [6.07, 6.45) is 0.576. The SMILES string of the molecule is CCOC(=O)CCC(=O)Cc1ccc(OC)c(OC)c1. The number of carbonyl (C=O) groups is 2. The number of Topliss-reactive ketones (excluding diaryl/α,β-unsaturated/α-hetero) is 1. The normalized spacial score (nSPS) is 9.95. The van der Waals surface area contributed by atoms with Crippen molar-refractivity contribution in [3.63, 3.8) is 0 Å². The Hall–Kier alpha value is -2.04. The van der Waals surface area contributed by atoms with Gasteiger partial charge in [0.25, 0.3) is 0 Å². The van der Waals surface area contributed by atoms with Crippen molar-refractivity contribution in [3.05, 3.63) is 23.8 Å². The lowest BCUT2D eigenvalue weighted by molar-refractivity contribution is -0.144. The molecule has 0 aromatic heterocycles. The van der Waals surface area contributed by atoms with E-state index in [1.54, 1.807) is 33.3 Å². The molecule has 0 heterocycles. The standard InChI is InChI=1S/C15H20O5/c1-4-20-15(17)8-6-12(16)9-11-5-7-13(18-2)14(10-11)19-3/h5,7,10H,4,6,8-9H2,1-3H3. The molecule has 0 radical (unpaired) electrons. The van der Waals surface area contributed by atoms with Crippen LogP contribution in [0.3, 0.4) is 0 Å². The monoisotopic (exact) mass is 280 g/mol. The molecule has 110 valence electrons. The zero-order valence-electron chi connectivity index (χ0n) is 12.1. The molecule has 5 nitrogen and oxygen atoms in total. The molecule has 0 saturated heterocycles. The van der Waals surface area contributed by atoms with Crippen molar-refractivity contribution in [1.29, 1.82) is 0 Å². The van der Waals surface area contributed by atoms with Gasteiger partial charge >= 0.3 is 5.97 Å². The zero-order chi connectivity index (χ0) is 15.0. The summed E-state index contributed by atoms with van der Waals surface area (Å²) >= 11 is 0. The van der Waals surface area contributed by atoms with Gasteiger partial charge in [-0.1, -0.05) is 6.07 Å². The largest absolute Gasteiger partial charge is 0.493 e. The van der Waals surface area contributed by atoms with E-state index >= 15 is 0 Å². The first-order chi connectivity index (χ1) is 9.60. The Morgan fingerprint density at radius 3 is 2.35 bits per heavy atom. The highest BCUT2D eigenvalue weighted by Crippen LogP contribution is 2.27. The first-order valence-electron chi connectivity index (χ1n) is 6.49. The molecule has 0 unspecified atom stereocenters. The van der Waals surface area contributed by atoms with Gasteiger partial charge in [0.15, 0.2) is 11.5 Å². The minimum Gasteiger partial charge on any atom is -0.493 e. The van der Waals surface area contributed by atoms with Crippen LogP contribution in [0.2, 0.25) is 0 Å². The highest BCUT2D eigenvalue weighted by molar-refractivity contribution is 5.84. The van der Waals surface area contributed by atoms with Crippen molar-refractivity contribution in [2.75, 3.05) is 20.8 Å². The number of ketones is 1. The Morgan fingerprint density at radius 2 is 1.75 bits per heavy atom. The van der Waals surface area contributed by atoms with Crippen LogP contribution < -0.4 is 9.47 Å². The summed E-state index contributed by atoms with van der Waals surface area (Å²) in [6, 6.07) is 5.33. The van der Waals surface area contributed by atoms with Crippen molar-refractivity contribution in [2.45, 2.75) is 26.2 Å². The fraction of sp³-hybridized carbons (Fsp3) is 0.467. The molecule has 1 aromatic rings. The number of benzene rings is 1. The summed E-state index contributed by atoms with van der Waals surface area (Å²) < 4.78 is 15.1. The Kier molecular flexibility index (Phi) is 6.56. The lowest BCUT2D eigenvalue weighted by Gasteiger charge is -2.09. The Balaban J connectivity index is 2.55. The van der Waals surface area contributed by atoms with Crippen LogP contribution in [0.5, 0.6) is 11.5 Å². The van der Waals surface area contributed by atoms with E-state index in [1.807, 2.05) is 6.07 Å². The van der Waals surface area contributed by atoms with Crippen molar-refractivity contribution in [3.8, 4) is 11.5 Å². The molecule has 0 aliphatic carbocycles. The van der Waals surface area contributed by atoms with Gasteiger partial charge in [0, 0.05) is 12.8 Å². The number of hydrogen-bond acceptors (Lipinski definition) is 5. The second-order valence-corrected chi connectivity index (χ2v) is 4.21. The van der Waals surface area contributed by atoms with Crippen LogP contribution in [0.25, 0.3) is 0 Å². The van der Waals surface area contributed by atoms with E-state index in [0.717, 1.165) is 5.56 Å². The predicted octanol–water partition coefficient (Wildman–Crippen LogP) is 2.16. The van der Waals surface area contributed by atoms with Crippen molar-refractivity contribution >= 4 is 11.8 Å². The van der Waals surface area contributed by atoms with Gasteiger partial charge in [0.2, 0.25) is 0 Å². The molecule has 0 N–H and O–H groups in total. The van der Waals surface area contributed by atoms with Gasteiger partial charge in [-0.25, -0.2) is 0 Å². The number of esters is 1. The quantitative estimate of drug-likeness (QED) is 0.683. The molecule has 0 spiro atoms. The Morgan fingerprint density at radius 1 is 1.05 bits per heavy atom. The predicted molar refractivity (Wildman–Crippen MR) is 74.1 cm³/mol. The van der Waals surface area contributed by atoms with Crippen molar-refractivity contribution in [1.82, 2.24) is 0 Å². The van der Waals surface area contributed by atoms with Gasteiger partial charge in [0.05, 0.1) is 27.2 Å². The van der Waals surface area contributed by atoms with E-state index in [4.69, 9.17) is 14.2 Å². The van der Waals surface area contributed by atoms with Crippen LogP contribution >= 0.6 is 0 Å². The van der Waals surface area contributed by atoms with Crippen LogP contribution in [-0.4, -0.2) is 32.6 Å². The third-order valence-electron chi connectivity index (χ3n) is 2.76. The molecule has 0 saturated carbocycles. The topological polar surface area (TPSA) is 61.8 Å². The van der Waals surface area contributed by atoms with E-state index in [9.17, 15) is 9.59 Å². The second kappa shape index (κ2) is 8.19. The minimum absolute atomic E-state index is 0.00901. The highest BCUT2D eigenvalue weighted by Gasteiger charge is 2.10. The Labute approximate surface area is 118 Å². The van der Waals surface area contributed by atoms with Crippen LogP contribution in [0.1, 0.15) is 25.3 Å². The summed E-state index contributed by atoms with van der Waals surface area (Å²) in [5, 5.41) is 0. The molecule has 0 atom stereocenters. The minimum atomic E-state index is -0.340. The van der Waals surface area contributed by atoms with Gasteiger partial charge < -0.3 is 14.2 Å². The molecule has 0 amide bonds. The van der Waals surface area contributed by atoms with E-state index in [0.29, 0.717) is 18.1 Å². The fourth-order valence-corrected chi connectivity index (χ4v) is 1.78. The van der Waals surface area contributed by atoms with Gasteiger partial charge in [-0.15, -0.1) is 0 Å². The van der Waals surface area contributed by atoms with E-state index < -0.39 is 0 Å². The third-order valence-corrected chi connectivity index (χ3v) is 2.76. The molecule has 1 aromatic carbocycles. The average molecular weight is 280 g/mol. The first kappa shape index (κ1) is 16.0. The van der Waals surface area contributed by atoms with Gasteiger partial charge in [0.1, 0.15) is 5.78 Å². The number of hydrogen-bond donors (Lipinski definition) is 0. The summed E-state index contributed by atoms with van der Waals surface area (Å²) in [5.74, 6) is 0.858. The van der Waals surface area contributed by atoms with Gasteiger partial charge in [-0.2, -0.15) is 0 Å². The molecule has 20 heavy (non-hydrogen) atoms. The summed E-state index contributed by atoms with van der Waals surface area (Å²) in [5.41, 5.74) is 0.830. The fourth-order valence-electron chi connectivity index (χ4n) is 1.78. The zero-order valence-corrected chi connectivity index (χ0v) is 12.1. The number of carbonyl (C=O) groups excluding carboxylic acids is 2. The second-order valence-electron chi connectivity index (χ2n) is 4.21. The van der Waals surface area contributed by atoms with Gasteiger partial charge in [-0.05, 0) is 24.6 Å². The van der Waals surface area contributed by atoms with Crippen molar-refractivity contribution < 1.29 is 23.8 Å². The smallest absolute Gasteiger partial charge is 0.306 e. The molecule has 0 fully saturated rings. The molecule has 0 aliphatic heterocycles. The van der Waals surface area contributed by atoms with Crippen molar-refractivity contribution in [2.24, 2.45) is 0 Å². The number of methoxy groups -OCH3 is 2. The molecular weight excluding hydrogens is 260 g/mol. The summed E-state index contributed by atoms with van der Waals surface area (Å²) in [7, 11) is 3.10. The molecular formula is C15H20O5. The Bertz CT molecular complexity index is 467. The van der Waals surface area contributed by atoms with Crippen LogP contribution in [-0.2, 0) is 20.7 Å². The molecule has 5 heteroatoms. The highest BCUT2D eigenvalue weighted by atomic mass is 16.5. The van der Waals surface area contributed by atoms with E-state index in [2.05, 4.69) is 0 Å². The lowest BCUT2D eigenvalue weighted by atomic mass is 10.1. The maximum atomic E-state index is 11.8. The lowest BCUT2D eigenvalue weighted by Crippen LogP contribution is -2.09. The summed E-state index contributed by atoms with van der Waals surface area (Å²) in [4.78, 5) is 23.0. The maximum Gasteiger partial charge on any atom is 0.306 e. The van der Waals surface area contributed by atoms with Crippen LogP contribution in [0.15, 0.2) is 18.2 Å². The average Bonchev–Trinajstić information content (AvgIpc) is 2.45. The molecule has 0 aliphatic rings.